The van der Waals surface area contributed by atoms with Crippen LogP contribution in [0.1, 0.15) is 80.1 Å². The number of unbranched alkanes of at least 4 members (excludes halogenated alkanes) is 1. The van der Waals surface area contributed by atoms with Gasteiger partial charge in [0.2, 0.25) is 5.91 Å². The summed E-state index contributed by atoms with van der Waals surface area (Å²) in [6.07, 6.45) is 4.39. The Balaban J connectivity index is 1.80. The third kappa shape index (κ3) is 4.75. The molecule has 3 aliphatic heterocycles. The summed E-state index contributed by atoms with van der Waals surface area (Å²) in [6.45, 7) is 13.8. The van der Waals surface area contributed by atoms with Gasteiger partial charge in [0.05, 0.1) is 12.6 Å². The van der Waals surface area contributed by atoms with Crippen LogP contribution in [0.25, 0.3) is 0 Å². The molecule has 0 aromatic rings. The maximum absolute atomic E-state index is 13.7. The van der Waals surface area contributed by atoms with Crippen molar-refractivity contribution in [3.8, 4) is 0 Å². The first kappa shape index (κ1) is 24.8. The molecule has 2 unspecified atom stereocenters. The summed E-state index contributed by atoms with van der Waals surface area (Å²) in [7, 11) is 0. The number of β-lactam (4-membered cyclic amide) rings is 1. The summed E-state index contributed by atoms with van der Waals surface area (Å²) in [4.78, 5) is 45.2. The summed E-state index contributed by atoms with van der Waals surface area (Å²) < 4.78 is 11.6. The Morgan fingerprint density at radius 2 is 1.88 bits per heavy atom. The molecule has 8 nitrogen and oxygen atoms in total. The van der Waals surface area contributed by atoms with Crippen LogP contribution in [0.15, 0.2) is 0 Å². The molecular formula is C24H41N3O5. The minimum absolute atomic E-state index is 0.0374. The first-order chi connectivity index (χ1) is 15.0. The van der Waals surface area contributed by atoms with Crippen molar-refractivity contribution >= 4 is 17.9 Å². The zero-order chi connectivity index (χ0) is 23.7. The van der Waals surface area contributed by atoms with E-state index in [4.69, 9.17) is 9.47 Å². The average molecular weight is 452 g/mol. The first-order valence-corrected chi connectivity index (χ1v) is 12.3. The Bertz CT molecular complexity index is 715. The van der Waals surface area contributed by atoms with Crippen LogP contribution in [0, 0.1) is 0 Å². The van der Waals surface area contributed by atoms with Gasteiger partial charge >= 0.3 is 6.09 Å². The van der Waals surface area contributed by atoms with Crippen LogP contribution < -0.4 is 0 Å². The van der Waals surface area contributed by atoms with E-state index in [2.05, 4.69) is 6.92 Å². The Morgan fingerprint density at radius 1 is 1.22 bits per heavy atom. The monoisotopic (exact) mass is 451 g/mol. The molecule has 0 radical (unpaired) electrons. The molecule has 4 atom stereocenters. The molecular weight excluding hydrogens is 410 g/mol. The van der Waals surface area contributed by atoms with Gasteiger partial charge in [-0.3, -0.25) is 14.5 Å². The van der Waals surface area contributed by atoms with Crippen LogP contribution in [0.4, 0.5) is 4.79 Å². The van der Waals surface area contributed by atoms with Gasteiger partial charge in [0.15, 0.2) is 0 Å². The van der Waals surface area contributed by atoms with Crippen molar-refractivity contribution in [2.45, 2.75) is 109 Å². The largest absolute Gasteiger partial charge is 0.444 e. The zero-order valence-electron chi connectivity index (χ0n) is 20.7. The third-order valence-electron chi connectivity index (χ3n) is 6.89. The molecule has 1 spiro atoms. The highest BCUT2D eigenvalue weighted by Crippen LogP contribution is 2.44. The number of nitrogens with zero attached hydrogens (tertiary/aromatic N) is 3. The third-order valence-corrected chi connectivity index (χ3v) is 6.89. The van der Waals surface area contributed by atoms with E-state index in [1.54, 1.807) is 9.80 Å². The first-order valence-electron chi connectivity index (χ1n) is 12.3. The fourth-order valence-corrected chi connectivity index (χ4v) is 5.19. The summed E-state index contributed by atoms with van der Waals surface area (Å²) >= 11 is 0. The number of carbonyl (C=O) groups is 3. The van der Waals surface area contributed by atoms with Gasteiger partial charge in [0.1, 0.15) is 17.2 Å². The van der Waals surface area contributed by atoms with E-state index in [9.17, 15) is 14.4 Å². The van der Waals surface area contributed by atoms with Gasteiger partial charge < -0.3 is 19.3 Å². The number of ether oxygens (including phenoxy) is 2. The molecule has 0 saturated carbocycles. The fraction of sp³-hybridized carbons (Fsp3) is 0.875. The molecule has 3 amide bonds. The van der Waals surface area contributed by atoms with E-state index in [-0.39, 0.29) is 17.9 Å². The number of rotatable bonds is 7. The summed E-state index contributed by atoms with van der Waals surface area (Å²) in [5.74, 6) is -0.194. The molecule has 0 aromatic carbocycles. The van der Waals surface area contributed by atoms with Gasteiger partial charge in [-0.25, -0.2) is 4.79 Å². The topological polar surface area (TPSA) is 79.4 Å². The second-order valence-corrected chi connectivity index (χ2v) is 10.6. The lowest BCUT2D eigenvalue weighted by Gasteiger charge is -2.54. The van der Waals surface area contributed by atoms with E-state index < -0.39 is 29.4 Å². The lowest BCUT2D eigenvalue weighted by atomic mass is 9.83. The van der Waals surface area contributed by atoms with Crippen molar-refractivity contribution in [3.05, 3.63) is 0 Å². The van der Waals surface area contributed by atoms with Crippen molar-refractivity contribution in [1.29, 1.82) is 0 Å². The molecule has 3 fully saturated rings. The van der Waals surface area contributed by atoms with E-state index in [1.165, 1.54) is 0 Å². The number of hydrogen-bond acceptors (Lipinski definition) is 5. The molecule has 3 aliphatic rings. The highest BCUT2D eigenvalue weighted by molar-refractivity contribution is 6.00. The molecule has 3 saturated heterocycles. The Labute approximate surface area is 192 Å². The van der Waals surface area contributed by atoms with Crippen LogP contribution in [-0.4, -0.2) is 88.2 Å². The van der Waals surface area contributed by atoms with E-state index >= 15 is 0 Å². The maximum Gasteiger partial charge on any atom is 0.411 e. The highest BCUT2D eigenvalue weighted by atomic mass is 16.6. The predicted octanol–water partition coefficient (Wildman–Crippen LogP) is 3.18. The lowest BCUT2D eigenvalue weighted by Crippen LogP contribution is -2.77. The van der Waals surface area contributed by atoms with Gasteiger partial charge in [-0.05, 0) is 66.7 Å². The van der Waals surface area contributed by atoms with Gasteiger partial charge in [-0.1, -0.05) is 13.3 Å². The molecule has 0 bridgehead atoms. The van der Waals surface area contributed by atoms with Crippen LogP contribution in [-0.2, 0) is 19.1 Å². The molecule has 8 heteroatoms. The van der Waals surface area contributed by atoms with Gasteiger partial charge in [-0.15, -0.1) is 0 Å². The summed E-state index contributed by atoms with van der Waals surface area (Å²) in [6, 6.07) is -0.735. The normalized spacial score (nSPS) is 27.6. The van der Waals surface area contributed by atoms with Gasteiger partial charge in [-0.2, -0.15) is 0 Å². The quantitative estimate of drug-likeness (QED) is 0.439. The molecule has 182 valence electrons. The minimum atomic E-state index is -0.908. The summed E-state index contributed by atoms with van der Waals surface area (Å²) in [5.41, 5.74) is -1.54. The second kappa shape index (κ2) is 9.57. The fourth-order valence-electron chi connectivity index (χ4n) is 5.19. The van der Waals surface area contributed by atoms with E-state index in [0.29, 0.717) is 19.6 Å². The van der Waals surface area contributed by atoms with E-state index in [0.717, 1.165) is 45.2 Å². The van der Waals surface area contributed by atoms with Crippen molar-refractivity contribution < 1.29 is 23.9 Å². The van der Waals surface area contributed by atoms with Crippen molar-refractivity contribution in [1.82, 2.24) is 14.7 Å². The standard InChI is InChI=1S/C24H41N3O5/c1-7-8-15-31-18(3)19(20(28)25-13-9-10-14-25)26-16-24(21(26)29)12-11-17(2)27(24)22(30)32-23(4,5)6/h17-19H,7-16H2,1-6H3/t17?,18-,19+,24?/m1/s1. The van der Waals surface area contributed by atoms with Crippen LogP contribution in [0.3, 0.4) is 0 Å². The van der Waals surface area contributed by atoms with Gasteiger partial charge in [0.25, 0.3) is 5.91 Å². The molecule has 32 heavy (non-hydrogen) atoms. The molecule has 3 heterocycles. The minimum Gasteiger partial charge on any atom is -0.444 e. The molecule has 0 aliphatic carbocycles. The van der Waals surface area contributed by atoms with Crippen LogP contribution >= 0.6 is 0 Å². The lowest BCUT2D eigenvalue weighted by molar-refractivity contribution is -0.177. The smallest absolute Gasteiger partial charge is 0.411 e. The summed E-state index contributed by atoms with van der Waals surface area (Å²) in [5, 5.41) is 0. The molecule has 0 aromatic heterocycles. The number of amides is 3. The highest BCUT2D eigenvalue weighted by Gasteiger charge is 2.65. The number of likely N-dealkylation sites (tertiary alicyclic amines) is 3. The average Bonchev–Trinajstić information content (AvgIpc) is 3.35. The van der Waals surface area contributed by atoms with Crippen LogP contribution in [0.2, 0.25) is 0 Å². The zero-order valence-corrected chi connectivity index (χ0v) is 20.7. The predicted molar refractivity (Wildman–Crippen MR) is 121 cm³/mol. The van der Waals surface area contributed by atoms with Crippen molar-refractivity contribution in [2.75, 3.05) is 26.2 Å². The number of carbonyl (C=O) groups excluding carboxylic acids is 3. The number of hydrogen-bond donors (Lipinski definition) is 0. The van der Waals surface area contributed by atoms with Gasteiger partial charge in [0, 0.05) is 25.7 Å². The van der Waals surface area contributed by atoms with Crippen molar-refractivity contribution in [3.63, 3.8) is 0 Å². The molecule has 0 N–H and O–H groups in total. The molecule has 3 rings (SSSR count). The Morgan fingerprint density at radius 3 is 2.44 bits per heavy atom. The second-order valence-electron chi connectivity index (χ2n) is 10.6. The Hall–Kier alpha value is -1.83. The van der Waals surface area contributed by atoms with E-state index in [1.807, 2.05) is 39.5 Å². The Kier molecular flexibility index (Phi) is 7.42. The van der Waals surface area contributed by atoms with Crippen LogP contribution in [0.5, 0.6) is 0 Å². The van der Waals surface area contributed by atoms with Crippen molar-refractivity contribution in [2.24, 2.45) is 0 Å². The SMILES string of the molecule is CCCCO[C@H](C)[C@@H](C(=O)N1CCCC1)N1CC2(CCC(C)N2C(=O)OC(C)(C)C)C1=O. The maximum atomic E-state index is 13.7.